The number of halogens is 1. The van der Waals surface area contributed by atoms with Crippen molar-refractivity contribution in [3.63, 3.8) is 0 Å². The molecule has 0 spiro atoms. The number of aryl methyl sites for hydroxylation is 1. The SMILES string of the molecule is Cc1nc(-c2ccc(CN3CC[C@@](O)(c4ccc5ncc(N6CCC(=O)NC6=O)cc5c4F)C(C)(C)C3)cc2)no1. The van der Waals surface area contributed by atoms with Crippen molar-refractivity contribution in [1.82, 2.24) is 25.3 Å². The molecule has 0 saturated carbocycles. The smallest absolute Gasteiger partial charge is 0.328 e. The molecule has 10 nitrogen and oxygen atoms in total. The molecule has 4 aromatic rings. The Bertz CT molecular complexity index is 1650. The summed E-state index contributed by atoms with van der Waals surface area (Å²) in [6.07, 6.45) is 1.98. The molecule has 3 amide bonds. The third-order valence-corrected chi connectivity index (χ3v) is 8.27. The number of fused-ring (bicyclic) bond motifs is 1. The van der Waals surface area contributed by atoms with E-state index < -0.39 is 22.9 Å². The van der Waals surface area contributed by atoms with Crippen molar-refractivity contribution < 1.29 is 23.6 Å². The summed E-state index contributed by atoms with van der Waals surface area (Å²) in [4.78, 5) is 36.1. The molecule has 0 bridgehead atoms. The molecule has 2 aromatic heterocycles. The normalized spacial score (nSPS) is 21.3. The van der Waals surface area contributed by atoms with Gasteiger partial charge >= 0.3 is 6.03 Å². The number of imide groups is 1. The van der Waals surface area contributed by atoms with Gasteiger partial charge in [0.1, 0.15) is 5.82 Å². The molecular weight excluding hydrogens is 527 g/mol. The lowest BCUT2D eigenvalue weighted by atomic mass is 9.66. The predicted octanol–water partition coefficient (Wildman–Crippen LogP) is 4.30. The van der Waals surface area contributed by atoms with Gasteiger partial charge in [0.05, 0.1) is 23.0 Å². The van der Waals surface area contributed by atoms with Crippen LogP contribution in [0.3, 0.4) is 0 Å². The maximum absolute atomic E-state index is 16.2. The van der Waals surface area contributed by atoms with Gasteiger partial charge in [-0.05, 0) is 24.1 Å². The number of carbonyl (C=O) groups is 2. The van der Waals surface area contributed by atoms with Crippen molar-refractivity contribution in [1.29, 1.82) is 0 Å². The predicted molar refractivity (Wildman–Crippen MR) is 149 cm³/mol. The molecule has 2 fully saturated rings. The minimum absolute atomic E-state index is 0.152. The molecule has 2 saturated heterocycles. The van der Waals surface area contributed by atoms with E-state index in [2.05, 4.69) is 25.3 Å². The summed E-state index contributed by atoms with van der Waals surface area (Å²) in [5, 5.41) is 18.5. The van der Waals surface area contributed by atoms with Gasteiger partial charge in [-0.1, -0.05) is 49.3 Å². The van der Waals surface area contributed by atoms with E-state index in [1.54, 1.807) is 25.1 Å². The highest BCUT2D eigenvalue weighted by molar-refractivity contribution is 6.06. The van der Waals surface area contributed by atoms with E-state index in [9.17, 15) is 14.7 Å². The molecule has 1 atom stereocenters. The van der Waals surface area contributed by atoms with Crippen LogP contribution in [0.1, 0.15) is 43.7 Å². The van der Waals surface area contributed by atoms with Crippen LogP contribution in [0, 0.1) is 18.2 Å². The number of urea groups is 1. The van der Waals surface area contributed by atoms with E-state index in [-0.39, 0.29) is 29.8 Å². The molecule has 2 N–H and O–H groups in total. The molecule has 2 aliphatic heterocycles. The molecular formula is C30H31FN6O4. The van der Waals surface area contributed by atoms with Crippen molar-refractivity contribution in [3.05, 3.63) is 71.5 Å². The first-order valence-corrected chi connectivity index (χ1v) is 13.6. The Morgan fingerprint density at radius 1 is 1.12 bits per heavy atom. The topological polar surface area (TPSA) is 125 Å². The molecule has 2 aliphatic rings. The van der Waals surface area contributed by atoms with E-state index in [1.807, 2.05) is 38.1 Å². The van der Waals surface area contributed by atoms with Crippen LogP contribution in [0.2, 0.25) is 0 Å². The number of benzene rings is 2. The lowest BCUT2D eigenvalue weighted by Gasteiger charge is -2.50. The number of amides is 3. The van der Waals surface area contributed by atoms with Crippen LogP contribution >= 0.6 is 0 Å². The van der Waals surface area contributed by atoms with Crippen LogP contribution in [0.25, 0.3) is 22.3 Å². The third kappa shape index (κ3) is 4.85. The number of carbonyl (C=O) groups excluding carboxylic acids is 2. The van der Waals surface area contributed by atoms with Gasteiger partial charge in [-0.25, -0.2) is 9.18 Å². The summed E-state index contributed by atoms with van der Waals surface area (Å²) in [6.45, 7) is 7.64. The summed E-state index contributed by atoms with van der Waals surface area (Å²) in [7, 11) is 0. The standard InChI is InChI=1S/C30H31FN6O4/c1-18-33-27(35-41-18)20-6-4-19(5-7-20)16-36-13-11-30(40,29(2,3)17-36)23-8-9-24-22(26(23)31)14-21(15-32-24)37-12-10-25(38)34-28(37)39/h4-9,14-15,40H,10-13,16-17H2,1-3H3,(H,34,38,39)/t30-/m1/s1. The quantitative estimate of drug-likeness (QED) is 0.372. The van der Waals surface area contributed by atoms with Gasteiger partial charge in [-0.15, -0.1) is 0 Å². The van der Waals surface area contributed by atoms with Gasteiger partial charge in [0.15, 0.2) is 0 Å². The van der Waals surface area contributed by atoms with Gasteiger partial charge < -0.3 is 9.63 Å². The zero-order chi connectivity index (χ0) is 28.9. The fraction of sp³-hybridized carbons (Fsp3) is 0.367. The van der Waals surface area contributed by atoms with E-state index in [0.29, 0.717) is 49.0 Å². The van der Waals surface area contributed by atoms with Crippen LogP contribution in [0.15, 0.2) is 53.2 Å². The number of hydrogen-bond acceptors (Lipinski definition) is 8. The highest BCUT2D eigenvalue weighted by Crippen LogP contribution is 2.48. The number of aliphatic hydroxyl groups is 1. The second-order valence-corrected chi connectivity index (χ2v) is 11.5. The van der Waals surface area contributed by atoms with Gasteiger partial charge in [0.25, 0.3) is 0 Å². The number of rotatable bonds is 5. The second kappa shape index (κ2) is 10.0. The largest absolute Gasteiger partial charge is 0.384 e. The zero-order valence-corrected chi connectivity index (χ0v) is 23.1. The third-order valence-electron chi connectivity index (χ3n) is 8.27. The zero-order valence-electron chi connectivity index (χ0n) is 23.1. The molecule has 4 heterocycles. The second-order valence-electron chi connectivity index (χ2n) is 11.5. The molecule has 0 radical (unpaired) electrons. The Morgan fingerprint density at radius 2 is 1.90 bits per heavy atom. The van der Waals surface area contributed by atoms with Gasteiger partial charge in [0.2, 0.25) is 17.6 Å². The van der Waals surface area contributed by atoms with Crippen LogP contribution in [-0.4, -0.2) is 56.7 Å². The maximum atomic E-state index is 16.2. The van der Waals surface area contributed by atoms with Crippen molar-refractivity contribution in [2.45, 2.75) is 45.8 Å². The first-order valence-electron chi connectivity index (χ1n) is 13.6. The number of aromatic nitrogens is 3. The van der Waals surface area contributed by atoms with Gasteiger partial charge in [-0.2, -0.15) is 4.98 Å². The molecule has 11 heteroatoms. The van der Waals surface area contributed by atoms with E-state index in [4.69, 9.17) is 4.52 Å². The number of nitrogens with zero attached hydrogens (tertiary/aromatic N) is 5. The summed E-state index contributed by atoms with van der Waals surface area (Å²) < 4.78 is 21.2. The van der Waals surface area contributed by atoms with Gasteiger partial charge in [-0.3, -0.25) is 24.9 Å². The van der Waals surface area contributed by atoms with Crippen molar-refractivity contribution in [2.75, 3.05) is 24.5 Å². The fourth-order valence-corrected chi connectivity index (χ4v) is 5.93. The lowest BCUT2D eigenvalue weighted by Crippen LogP contribution is -2.55. The Balaban J connectivity index is 1.23. The molecule has 2 aromatic carbocycles. The highest BCUT2D eigenvalue weighted by atomic mass is 19.1. The first kappa shape index (κ1) is 27.0. The number of piperidine rings is 1. The lowest BCUT2D eigenvalue weighted by molar-refractivity contribution is -0.128. The number of anilines is 1. The number of nitrogens with one attached hydrogen (secondary N) is 1. The van der Waals surface area contributed by atoms with Crippen LogP contribution in [-0.2, 0) is 16.9 Å². The van der Waals surface area contributed by atoms with Crippen LogP contribution < -0.4 is 10.2 Å². The fourth-order valence-electron chi connectivity index (χ4n) is 5.93. The maximum Gasteiger partial charge on any atom is 0.328 e. The highest BCUT2D eigenvalue weighted by Gasteiger charge is 2.50. The number of likely N-dealkylation sites (tertiary alicyclic amines) is 1. The van der Waals surface area contributed by atoms with Crippen molar-refractivity contribution in [3.8, 4) is 11.4 Å². The Hall–Kier alpha value is -4.22. The number of hydrogen-bond donors (Lipinski definition) is 2. The number of pyridine rings is 1. The average Bonchev–Trinajstić information content (AvgIpc) is 3.37. The summed E-state index contributed by atoms with van der Waals surface area (Å²) in [5.41, 5.74) is 0.896. The Morgan fingerprint density at radius 3 is 2.59 bits per heavy atom. The Kier molecular flexibility index (Phi) is 6.58. The minimum Gasteiger partial charge on any atom is -0.384 e. The average molecular weight is 559 g/mol. The molecule has 0 aliphatic carbocycles. The van der Waals surface area contributed by atoms with E-state index >= 15 is 4.39 Å². The van der Waals surface area contributed by atoms with E-state index in [1.165, 1.54) is 11.1 Å². The Labute approximate surface area is 236 Å². The monoisotopic (exact) mass is 558 g/mol. The molecule has 6 rings (SSSR count). The van der Waals surface area contributed by atoms with Crippen LogP contribution in [0.4, 0.5) is 14.9 Å². The molecule has 0 unspecified atom stereocenters. The van der Waals surface area contributed by atoms with Crippen LogP contribution in [0.5, 0.6) is 0 Å². The molecule has 212 valence electrons. The first-order chi connectivity index (χ1) is 19.5. The van der Waals surface area contributed by atoms with E-state index in [0.717, 1.165) is 11.1 Å². The summed E-state index contributed by atoms with van der Waals surface area (Å²) in [5.74, 6) is 0.160. The van der Waals surface area contributed by atoms with Crippen molar-refractivity contribution in [2.24, 2.45) is 5.41 Å². The molecule has 41 heavy (non-hydrogen) atoms. The van der Waals surface area contributed by atoms with Crippen molar-refractivity contribution >= 4 is 28.5 Å². The summed E-state index contributed by atoms with van der Waals surface area (Å²) in [6, 6.07) is 12.3. The van der Waals surface area contributed by atoms with Gasteiger partial charge in [0, 0.05) is 61.5 Å². The minimum atomic E-state index is -1.42. The summed E-state index contributed by atoms with van der Waals surface area (Å²) >= 11 is 0.